The van der Waals surface area contributed by atoms with Crippen LogP contribution in [0.5, 0.6) is 0 Å². The molecule has 3 heterocycles. The Bertz CT molecular complexity index is 1040. The lowest BCUT2D eigenvalue weighted by molar-refractivity contribution is -0.142. The normalized spacial score (nSPS) is 12.0. The number of nitrogens with zero attached hydrogens (tertiary/aromatic N) is 5. The van der Waals surface area contributed by atoms with Crippen LogP contribution in [0.3, 0.4) is 0 Å². The van der Waals surface area contributed by atoms with E-state index in [0.29, 0.717) is 24.0 Å². The van der Waals surface area contributed by atoms with Crippen LogP contribution in [-0.4, -0.2) is 36.8 Å². The molecular formula is C17H18ClF3N6O. The first-order valence-corrected chi connectivity index (χ1v) is 8.88. The van der Waals surface area contributed by atoms with Gasteiger partial charge in [0.2, 0.25) is 0 Å². The molecule has 3 aromatic heterocycles. The molecule has 0 fully saturated rings. The first-order chi connectivity index (χ1) is 13.1. The summed E-state index contributed by atoms with van der Waals surface area (Å²) in [5.41, 5.74) is 0.492. The van der Waals surface area contributed by atoms with Gasteiger partial charge in [-0.15, -0.1) is 0 Å². The molecule has 0 atom stereocenters. The van der Waals surface area contributed by atoms with Crippen LogP contribution in [0.25, 0.3) is 5.65 Å². The average molecular weight is 415 g/mol. The molecule has 0 aliphatic heterocycles. The first-order valence-electron chi connectivity index (χ1n) is 8.50. The number of amides is 1. The van der Waals surface area contributed by atoms with Crippen molar-refractivity contribution in [2.45, 2.75) is 39.9 Å². The molecule has 0 saturated carbocycles. The second-order valence-corrected chi connectivity index (χ2v) is 6.82. The molecule has 1 N–H and O–H groups in total. The third-order valence-corrected chi connectivity index (χ3v) is 4.45. The minimum Gasteiger partial charge on any atom is -0.351 e. The predicted molar refractivity (Wildman–Crippen MR) is 96.4 cm³/mol. The van der Waals surface area contributed by atoms with E-state index < -0.39 is 17.8 Å². The van der Waals surface area contributed by atoms with Gasteiger partial charge in [-0.1, -0.05) is 11.6 Å². The fraction of sp³-hybridized carbons (Fsp3) is 0.412. The number of alkyl halides is 3. The maximum absolute atomic E-state index is 13.2. The van der Waals surface area contributed by atoms with Gasteiger partial charge in [-0.05, 0) is 39.3 Å². The Hall–Kier alpha value is -2.62. The highest BCUT2D eigenvalue weighted by Gasteiger charge is 2.36. The second-order valence-electron chi connectivity index (χ2n) is 6.44. The van der Waals surface area contributed by atoms with Gasteiger partial charge in [0, 0.05) is 24.5 Å². The maximum atomic E-state index is 13.2. The quantitative estimate of drug-likeness (QED) is 0.649. The molecule has 0 saturated heterocycles. The lowest BCUT2D eigenvalue weighted by atomic mass is 10.3. The molecule has 0 unspecified atom stereocenters. The van der Waals surface area contributed by atoms with Gasteiger partial charge < -0.3 is 5.32 Å². The maximum Gasteiger partial charge on any atom is 0.433 e. The van der Waals surface area contributed by atoms with E-state index in [1.54, 1.807) is 0 Å². The molecule has 0 bridgehead atoms. The van der Waals surface area contributed by atoms with Crippen LogP contribution in [0, 0.1) is 20.8 Å². The number of hydrogen-bond acceptors (Lipinski definition) is 4. The third-order valence-electron chi connectivity index (χ3n) is 4.10. The Kier molecular flexibility index (Phi) is 5.33. The zero-order valence-electron chi connectivity index (χ0n) is 15.4. The summed E-state index contributed by atoms with van der Waals surface area (Å²) in [5.74, 6) is -0.658. The van der Waals surface area contributed by atoms with Crippen LogP contribution in [0.4, 0.5) is 13.2 Å². The van der Waals surface area contributed by atoms with E-state index in [9.17, 15) is 18.0 Å². The zero-order valence-corrected chi connectivity index (χ0v) is 16.2. The number of carbonyl (C=O) groups is 1. The van der Waals surface area contributed by atoms with Crippen molar-refractivity contribution in [3.8, 4) is 0 Å². The van der Waals surface area contributed by atoms with Crippen molar-refractivity contribution in [3.63, 3.8) is 0 Å². The summed E-state index contributed by atoms with van der Waals surface area (Å²) in [6.45, 7) is 6.12. The van der Waals surface area contributed by atoms with Crippen molar-refractivity contribution in [2.24, 2.45) is 0 Å². The molecule has 0 aromatic carbocycles. The average Bonchev–Trinajstić information content (AvgIpc) is 3.09. The van der Waals surface area contributed by atoms with Gasteiger partial charge in [0.1, 0.15) is 10.7 Å². The molecule has 7 nitrogen and oxygen atoms in total. The van der Waals surface area contributed by atoms with E-state index >= 15 is 0 Å². The monoisotopic (exact) mass is 414 g/mol. The highest BCUT2D eigenvalue weighted by molar-refractivity contribution is 6.36. The largest absolute Gasteiger partial charge is 0.433 e. The predicted octanol–water partition coefficient (Wildman–Crippen LogP) is 3.34. The smallest absolute Gasteiger partial charge is 0.351 e. The number of carbonyl (C=O) groups excluding carboxylic acids is 1. The number of rotatable bonds is 5. The van der Waals surface area contributed by atoms with E-state index in [1.807, 2.05) is 24.6 Å². The number of aryl methyl sites for hydroxylation is 4. The summed E-state index contributed by atoms with van der Waals surface area (Å²) in [4.78, 5) is 16.3. The third kappa shape index (κ3) is 3.96. The Balaban J connectivity index is 1.75. The lowest BCUT2D eigenvalue weighted by Crippen LogP contribution is -2.26. The fourth-order valence-electron chi connectivity index (χ4n) is 2.88. The van der Waals surface area contributed by atoms with Gasteiger partial charge in [-0.3, -0.25) is 9.48 Å². The molecule has 0 radical (unpaired) electrons. The standard InChI is InChI=1S/C17H18ClF3N6O/c1-9-8-12(17(19,20)21)27-15(23-9)13(18)14(25-27)16(28)22-5-4-6-26-11(3)7-10(2)24-26/h7-8H,4-6H2,1-3H3,(H,22,28). The van der Waals surface area contributed by atoms with Gasteiger partial charge >= 0.3 is 6.18 Å². The summed E-state index contributed by atoms with van der Waals surface area (Å²) < 4.78 is 42.1. The Morgan fingerprint density at radius 3 is 2.50 bits per heavy atom. The van der Waals surface area contributed by atoms with Gasteiger partial charge in [-0.2, -0.15) is 23.4 Å². The van der Waals surface area contributed by atoms with Gasteiger partial charge in [0.05, 0.1) is 5.69 Å². The first kappa shape index (κ1) is 20.1. The van der Waals surface area contributed by atoms with Crippen LogP contribution in [0.15, 0.2) is 12.1 Å². The Morgan fingerprint density at radius 1 is 1.18 bits per heavy atom. The van der Waals surface area contributed by atoms with Crippen molar-refractivity contribution in [1.29, 1.82) is 0 Å². The van der Waals surface area contributed by atoms with E-state index in [0.717, 1.165) is 17.5 Å². The number of hydrogen-bond donors (Lipinski definition) is 1. The number of halogens is 4. The Labute approximate surface area is 163 Å². The molecule has 150 valence electrons. The molecule has 1 amide bonds. The van der Waals surface area contributed by atoms with Crippen LogP contribution in [0.2, 0.25) is 5.02 Å². The number of fused-ring (bicyclic) bond motifs is 1. The fourth-order valence-corrected chi connectivity index (χ4v) is 3.12. The highest BCUT2D eigenvalue weighted by atomic mass is 35.5. The molecule has 3 rings (SSSR count). The van der Waals surface area contributed by atoms with Crippen LogP contribution >= 0.6 is 11.6 Å². The van der Waals surface area contributed by atoms with Crippen molar-refractivity contribution in [3.05, 3.63) is 45.6 Å². The molecule has 0 spiro atoms. The molecular weight excluding hydrogens is 397 g/mol. The highest BCUT2D eigenvalue weighted by Crippen LogP contribution is 2.32. The van der Waals surface area contributed by atoms with Crippen LogP contribution in [0.1, 0.15) is 39.7 Å². The van der Waals surface area contributed by atoms with Gasteiger partial charge in [0.15, 0.2) is 11.3 Å². The summed E-state index contributed by atoms with van der Waals surface area (Å²) in [6, 6.07) is 2.80. The van der Waals surface area contributed by atoms with Gasteiger partial charge in [-0.25, -0.2) is 9.50 Å². The topological polar surface area (TPSA) is 77.1 Å². The summed E-state index contributed by atoms with van der Waals surface area (Å²) in [6.07, 6.45) is -4.07. The molecule has 11 heteroatoms. The van der Waals surface area contributed by atoms with Crippen LogP contribution in [-0.2, 0) is 12.7 Å². The summed E-state index contributed by atoms with van der Waals surface area (Å²) >= 11 is 6.09. The zero-order chi connectivity index (χ0) is 20.6. The Morgan fingerprint density at radius 2 is 1.89 bits per heavy atom. The van der Waals surface area contributed by atoms with Crippen molar-refractivity contribution < 1.29 is 18.0 Å². The van der Waals surface area contributed by atoms with E-state index in [2.05, 4.69) is 20.5 Å². The van der Waals surface area contributed by atoms with Crippen LogP contribution < -0.4 is 5.32 Å². The lowest BCUT2D eigenvalue weighted by Gasteiger charge is -2.09. The van der Waals surface area contributed by atoms with Gasteiger partial charge in [0.25, 0.3) is 5.91 Å². The van der Waals surface area contributed by atoms with Crippen molar-refractivity contribution in [2.75, 3.05) is 6.54 Å². The van der Waals surface area contributed by atoms with Crippen molar-refractivity contribution >= 4 is 23.2 Å². The summed E-state index contributed by atoms with van der Waals surface area (Å²) in [7, 11) is 0. The second kappa shape index (κ2) is 7.42. The van der Waals surface area contributed by atoms with E-state index in [1.165, 1.54) is 6.92 Å². The minimum absolute atomic E-state index is 0.124. The molecule has 0 aliphatic rings. The summed E-state index contributed by atoms with van der Waals surface area (Å²) in [5, 5.41) is 10.5. The van der Waals surface area contributed by atoms with E-state index in [-0.39, 0.29) is 22.1 Å². The number of aromatic nitrogens is 5. The SMILES string of the molecule is Cc1cc(C(F)(F)F)n2nc(C(=O)NCCCn3nc(C)cc3C)c(Cl)c2n1. The molecule has 0 aliphatic carbocycles. The van der Waals surface area contributed by atoms with Crippen molar-refractivity contribution in [1.82, 2.24) is 29.7 Å². The number of nitrogens with one attached hydrogen (secondary N) is 1. The van der Waals surface area contributed by atoms with E-state index in [4.69, 9.17) is 11.6 Å². The minimum atomic E-state index is -4.66. The molecule has 3 aromatic rings. The molecule has 28 heavy (non-hydrogen) atoms.